The first-order valence-electron chi connectivity index (χ1n) is 7.33. The lowest BCUT2D eigenvalue weighted by Gasteiger charge is -2.27. The molecule has 1 aliphatic rings. The Kier molecular flexibility index (Phi) is 4.81. The van der Waals surface area contributed by atoms with Gasteiger partial charge in [-0.3, -0.25) is 0 Å². The van der Waals surface area contributed by atoms with Gasteiger partial charge in [0, 0.05) is 24.8 Å². The fourth-order valence-electron chi connectivity index (χ4n) is 2.82. The van der Waals surface area contributed by atoms with Gasteiger partial charge >= 0.3 is 0 Å². The minimum atomic E-state index is -0.149. The molecule has 3 heteroatoms. The van der Waals surface area contributed by atoms with E-state index in [0.29, 0.717) is 0 Å². The standard InChI is InChI=1S/C16H25FN2/c1-12-5-4-9-19(10-8-12)16-7-6-14(17)11-15(16)13(2)18-3/h6-7,11-13,18H,4-5,8-10H2,1-3H3. The summed E-state index contributed by atoms with van der Waals surface area (Å²) in [5.41, 5.74) is 2.26. The predicted molar refractivity (Wildman–Crippen MR) is 79.1 cm³/mol. The fourth-order valence-corrected chi connectivity index (χ4v) is 2.82. The lowest BCUT2D eigenvalue weighted by molar-refractivity contribution is 0.521. The second-order valence-corrected chi connectivity index (χ2v) is 5.74. The maximum atomic E-state index is 13.5. The van der Waals surface area contributed by atoms with Crippen molar-refractivity contribution < 1.29 is 4.39 Å². The van der Waals surface area contributed by atoms with Crippen molar-refractivity contribution in [2.75, 3.05) is 25.0 Å². The number of benzene rings is 1. The fraction of sp³-hybridized carbons (Fsp3) is 0.625. The number of halogens is 1. The zero-order chi connectivity index (χ0) is 13.8. The van der Waals surface area contributed by atoms with Crippen LogP contribution in [0, 0.1) is 11.7 Å². The third kappa shape index (κ3) is 3.47. The number of anilines is 1. The molecular formula is C16H25FN2. The molecule has 0 aliphatic carbocycles. The van der Waals surface area contributed by atoms with Crippen LogP contribution in [-0.4, -0.2) is 20.1 Å². The molecule has 2 unspecified atom stereocenters. The van der Waals surface area contributed by atoms with E-state index in [2.05, 4.69) is 24.1 Å². The third-order valence-electron chi connectivity index (χ3n) is 4.25. The summed E-state index contributed by atoms with van der Waals surface area (Å²) < 4.78 is 13.5. The lowest BCUT2D eigenvalue weighted by Crippen LogP contribution is -2.27. The summed E-state index contributed by atoms with van der Waals surface area (Å²) in [6.45, 7) is 6.57. The summed E-state index contributed by atoms with van der Waals surface area (Å²) in [6.07, 6.45) is 3.76. The summed E-state index contributed by atoms with van der Waals surface area (Å²) in [4.78, 5) is 2.42. The van der Waals surface area contributed by atoms with Gasteiger partial charge in [-0.1, -0.05) is 6.92 Å². The van der Waals surface area contributed by atoms with E-state index in [0.717, 1.165) is 24.6 Å². The van der Waals surface area contributed by atoms with Crippen LogP contribution >= 0.6 is 0 Å². The normalized spacial score (nSPS) is 22.1. The van der Waals surface area contributed by atoms with Crippen molar-refractivity contribution in [1.82, 2.24) is 5.32 Å². The molecule has 1 aromatic carbocycles. The summed E-state index contributed by atoms with van der Waals surface area (Å²) in [5.74, 6) is 0.652. The second-order valence-electron chi connectivity index (χ2n) is 5.74. The smallest absolute Gasteiger partial charge is 0.123 e. The first kappa shape index (κ1) is 14.3. The minimum absolute atomic E-state index is 0.149. The number of nitrogens with zero attached hydrogens (tertiary/aromatic N) is 1. The highest BCUT2D eigenvalue weighted by Crippen LogP contribution is 2.30. The summed E-state index contributed by atoms with van der Waals surface area (Å²) in [6, 6.07) is 5.36. The quantitative estimate of drug-likeness (QED) is 0.895. The molecule has 0 bridgehead atoms. The molecule has 0 radical (unpaired) electrons. The first-order valence-corrected chi connectivity index (χ1v) is 7.33. The van der Waals surface area contributed by atoms with E-state index in [1.165, 1.54) is 24.9 Å². The Morgan fingerprint density at radius 1 is 1.32 bits per heavy atom. The Hall–Kier alpha value is -1.09. The Bertz CT molecular complexity index is 419. The van der Waals surface area contributed by atoms with Gasteiger partial charge in [0.15, 0.2) is 0 Å². The van der Waals surface area contributed by atoms with E-state index in [9.17, 15) is 4.39 Å². The second kappa shape index (κ2) is 6.38. The monoisotopic (exact) mass is 264 g/mol. The Morgan fingerprint density at radius 2 is 2.11 bits per heavy atom. The Morgan fingerprint density at radius 3 is 2.84 bits per heavy atom. The van der Waals surface area contributed by atoms with Crippen LogP contribution in [0.15, 0.2) is 18.2 Å². The largest absolute Gasteiger partial charge is 0.371 e. The molecule has 0 amide bonds. The number of nitrogens with one attached hydrogen (secondary N) is 1. The van der Waals surface area contributed by atoms with Gasteiger partial charge in [-0.15, -0.1) is 0 Å². The molecule has 2 nitrogen and oxygen atoms in total. The molecule has 106 valence electrons. The van der Waals surface area contributed by atoms with Crippen molar-refractivity contribution in [1.29, 1.82) is 0 Å². The van der Waals surface area contributed by atoms with Crippen molar-refractivity contribution in [2.45, 2.75) is 39.2 Å². The van der Waals surface area contributed by atoms with Crippen molar-refractivity contribution in [3.05, 3.63) is 29.6 Å². The van der Waals surface area contributed by atoms with E-state index in [-0.39, 0.29) is 11.9 Å². The summed E-state index contributed by atoms with van der Waals surface area (Å²) in [5, 5.41) is 3.22. The van der Waals surface area contributed by atoms with Crippen LogP contribution in [0.25, 0.3) is 0 Å². The molecule has 2 atom stereocenters. The molecule has 19 heavy (non-hydrogen) atoms. The number of hydrogen-bond donors (Lipinski definition) is 1. The maximum absolute atomic E-state index is 13.5. The van der Waals surface area contributed by atoms with Gasteiger partial charge in [0.25, 0.3) is 0 Å². The van der Waals surface area contributed by atoms with Crippen LogP contribution in [0.5, 0.6) is 0 Å². The van der Waals surface area contributed by atoms with Crippen molar-refractivity contribution >= 4 is 5.69 Å². The van der Waals surface area contributed by atoms with Crippen molar-refractivity contribution in [3.63, 3.8) is 0 Å². The average Bonchev–Trinajstić information content (AvgIpc) is 2.62. The molecule has 1 heterocycles. The highest BCUT2D eigenvalue weighted by molar-refractivity contribution is 5.55. The Labute approximate surface area is 116 Å². The van der Waals surface area contributed by atoms with Crippen LogP contribution in [-0.2, 0) is 0 Å². The van der Waals surface area contributed by atoms with Gasteiger partial charge in [0.05, 0.1) is 0 Å². The zero-order valence-corrected chi connectivity index (χ0v) is 12.2. The Balaban J connectivity index is 2.27. The predicted octanol–water partition coefficient (Wildman–Crippen LogP) is 3.73. The molecule has 0 spiro atoms. The zero-order valence-electron chi connectivity index (χ0n) is 12.2. The van der Waals surface area contributed by atoms with Crippen molar-refractivity contribution in [2.24, 2.45) is 5.92 Å². The van der Waals surface area contributed by atoms with E-state index in [1.807, 2.05) is 13.1 Å². The van der Waals surface area contributed by atoms with Crippen LogP contribution in [0.2, 0.25) is 0 Å². The van der Waals surface area contributed by atoms with E-state index < -0.39 is 0 Å². The van der Waals surface area contributed by atoms with Gasteiger partial charge in [-0.25, -0.2) is 4.39 Å². The van der Waals surface area contributed by atoms with Crippen LogP contribution in [0.1, 0.15) is 44.7 Å². The molecule has 1 aliphatic heterocycles. The van der Waals surface area contributed by atoms with Crippen LogP contribution in [0.4, 0.5) is 10.1 Å². The summed E-state index contributed by atoms with van der Waals surface area (Å²) in [7, 11) is 1.92. The lowest BCUT2D eigenvalue weighted by atomic mass is 10.0. The molecule has 1 saturated heterocycles. The molecule has 1 aromatic rings. The number of rotatable bonds is 3. The highest BCUT2D eigenvalue weighted by atomic mass is 19.1. The average molecular weight is 264 g/mol. The number of hydrogen-bond acceptors (Lipinski definition) is 2. The maximum Gasteiger partial charge on any atom is 0.123 e. The molecule has 1 fully saturated rings. The highest BCUT2D eigenvalue weighted by Gasteiger charge is 2.19. The molecular weight excluding hydrogens is 239 g/mol. The third-order valence-corrected chi connectivity index (χ3v) is 4.25. The first-order chi connectivity index (χ1) is 9.11. The van der Waals surface area contributed by atoms with Gasteiger partial charge in [0.2, 0.25) is 0 Å². The summed E-state index contributed by atoms with van der Waals surface area (Å²) >= 11 is 0. The van der Waals surface area contributed by atoms with Gasteiger partial charge in [0.1, 0.15) is 5.82 Å². The topological polar surface area (TPSA) is 15.3 Å². The minimum Gasteiger partial charge on any atom is -0.371 e. The molecule has 1 N–H and O–H groups in total. The SMILES string of the molecule is CNC(C)c1cc(F)ccc1N1CCCC(C)CC1. The van der Waals surface area contributed by atoms with Gasteiger partial charge in [-0.2, -0.15) is 0 Å². The molecule has 2 rings (SSSR count). The van der Waals surface area contributed by atoms with Crippen LogP contribution in [0.3, 0.4) is 0 Å². The molecule has 0 aromatic heterocycles. The molecule has 0 saturated carbocycles. The van der Waals surface area contributed by atoms with E-state index in [4.69, 9.17) is 0 Å². The van der Waals surface area contributed by atoms with E-state index >= 15 is 0 Å². The van der Waals surface area contributed by atoms with E-state index in [1.54, 1.807) is 12.1 Å². The van der Waals surface area contributed by atoms with Gasteiger partial charge in [-0.05, 0) is 62.9 Å². The van der Waals surface area contributed by atoms with Crippen LogP contribution < -0.4 is 10.2 Å². The van der Waals surface area contributed by atoms with Crippen molar-refractivity contribution in [3.8, 4) is 0 Å². The van der Waals surface area contributed by atoms with Gasteiger partial charge < -0.3 is 10.2 Å².